The first-order valence-corrected chi connectivity index (χ1v) is 9.99. The summed E-state index contributed by atoms with van der Waals surface area (Å²) in [7, 11) is 1.53. The Hall–Kier alpha value is -4.26. The van der Waals surface area contributed by atoms with Gasteiger partial charge in [-0.05, 0) is 43.3 Å². The number of benzene rings is 2. The van der Waals surface area contributed by atoms with Gasteiger partial charge < -0.3 is 14.6 Å². The van der Waals surface area contributed by atoms with Crippen molar-refractivity contribution >= 4 is 28.3 Å². The molecule has 0 saturated heterocycles. The van der Waals surface area contributed by atoms with E-state index >= 15 is 0 Å². The average Bonchev–Trinajstić information content (AvgIpc) is 2.81. The summed E-state index contributed by atoms with van der Waals surface area (Å²) < 4.78 is 6.90. The van der Waals surface area contributed by atoms with Gasteiger partial charge in [-0.15, -0.1) is 0 Å². The summed E-state index contributed by atoms with van der Waals surface area (Å²) >= 11 is 0. The van der Waals surface area contributed by atoms with Crippen molar-refractivity contribution in [2.45, 2.75) is 13.5 Å². The molecule has 0 spiro atoms. The van der Waals surface area contributed by atoms with E-state index in [9.17, 15) is 14.4 Å². The predicted octanol–water partition coefficient (Wildman–Crippen LogP) is 3.58. The first-order chi connectivity index (χ1) is 15.5. The molecule has 1 N–H and O–H groups in total. The van der Waals surface area contributed by atoms with Crippen LogP contribution in [0.1, 0.15) is 21.5 Å². The van der Waals surface area contributed by atoms with Crippen molar-refractivity contribution in [3.63, 3.8) is 0 Å². The highest BCUT2D eigenvalue weighted by Crippen LogP contribution is 2.23. The van der Waals surface area contributed by atoms with Crippen molar-refractivity contribution in [3.8, 4) is 5.75 Å². The van der Waals surface area contributed by atoms with Crippen LogP contribution < -0.4 is 15.5 Å². The highest BCUT2D eigenvalue weighted by Gasteiger charge is 2.18. The van der Waals surface area contributed by atoms with Crippen molar-refractivity contribution in [3.05, 3.63) is 100 Å². The molecule has 0 atom stereocenters. The van der Waals surface area contributed by atoms with Gasteiger partial charge in [0.1, 0.15) is 12.3 Å². The van der Waals surface area contributed by atoms with E-state index in [0.29, 0.717) is 27.9 Å². The third-order valence-electron chi connectivity index (χ3n) is 5.12. The number of amides is 1. The minimum Gasteiger partial charge on any atom is -0.495 e. The Morgan fingerprint density at radius 1 is 1.06 bits per heavy atom. The molecule has 0 fully saturated rings. The highest BCUT2D eigenvalue weighted by molar-refractivity contribution is 6.10. The maximum atomic E-state index is 13.1. The number of nitrogens with one attached hydrogen (secondary N) is 1. The first kappa shape index (κ1) is 21.0. The molecule has 7 nitrogen and oxygen atoms in total. The number of hydrogen-bond acceptors (Lipinski definition) is 5. The van der Waals surface area contributed by atoms with Crippen LogP contribution >= 0.6 is 0 Å². The van der Waals surface area contributed by atoms with Gasteiger partial charge in [-0.2, -0.15) is 0 Å². The fraction of sp³-hybridized carbons (Fsp3) is 0.120. The molecule has 160 valence electrons. The van der Waals surface area contributed by atoms with Crippen molar-refractivity contribution < 1.29 is 14.3 Å². The number of rotatable bonds is 6. The lowest BCUT2D eigenvalue weighted by atomic mass is 10.0. The van der Waals surface area contributed by atoms with Crippen LogP contribution in [0.2, 0.25) is 0 Å². The molecular formula is C25H21N3O4. The van der Waals surface area contributed by atoms with Crippen LogP contribution in [0.15, 0.2) is 78.0 Å². The van der Waals surface area contributed by atoms with Crippen molar-refractivity contribution in [1.82, 2.24) is 9.55 Å². The number of para-hydroxylation sites is 2. The Morgan fingerprint density at radius 3 is 2.56 bits per heavy atom. The van der Waals surface area contributed by atoms with E-state index < -0.39 is 5.78 Å². The number of carbonyl (C=O) groups is 2. The van der Waals surface area contributed by atoms with Gasteiger partial charge in [0.25, 0.3) is 0 Å². The van der Waals surface area contributed by atoms with Crippen LogP contribution in [0.4, 0.5) is 5.69 Å². The maximum absolute atomic E-state index is 13.1. The fourth-order valence-corrected chi connectivity index (χ4v) is 3.56. The molecule has 0 aliphatic heterocycles. The van der Waals surface area contributed by atoms with Crippen LogP contribution in [-0.2, 0) is 11.3 Å². The summed E-state index contributed by atoms with van der Waals surface area (Å²) in [4.78, 5) is 42.9. The number of pyridine rings is 2. The van der Waals surface area contributed by atoms with E-state index in [1.807, 2.05) is 19.1 Å². The third kappa shape index (κ3) is 4.13. The van der Waals surface area contributed by atoms with Gasteiger partial charge in [0.05, 0.1) is 23.9 Å². The van der Waals surface area contributed by atoms with Crippen LogP contribution in [0.3, 0.4) is 0 Å². The number of aryl methyl sites for hydroxylation is 1. The predicted molar refractivity (Wildman–Crippen MR) is 122 cm³/mol. The zero-order valence-electron chi connectivity index (χ0n) is 17.7. The standard InChI is InChI=1S/C25H21N3O4/c1-16-7-8-21-18(13-16)25(31)19(24(30)17-9-11-26-12-10-17)14-28(21)15-23(29)27-20-5-3-4-6-22(20)32-2/h3-14H,15H2,1-2H3,(H,27,29). The summed E-state index contributed by atoms with van der Waals surface area (Å²) in [6.07, 6.45) is 4.44. The summed E-state index contributed by atoms with van der Waals surface area (Å²) in [5, 5.41) is 3.21. The molecule has 0 unspecified atom stereocenters. The van der Waals surface area contributed by atoms with Crippen LogP contribution in [0.5, 0.6) is 5.75 Å². The quantitative estimate of drug-likeness (QED) is 0.475. The average molecular weight is 427 g/mol. The van der Waals surface area contributed by atoms with Gasteiger partial charge in [0.15, 0.2) is 5.78 Å². The lowest BCUT2D eigenvalue weighted by Gasteiger charge is -2.15. The first-order valence-electron chi connectivity index (χ1n) is 9.99. The van der Waals surface area contributed by atoms with Gasteiger partial charge in [-0.1, -0.05) is 23.8 Å². The van der Waals surface area contributed by atoms with Crippen LogP contribution in [0.25, 0.3) is 10.9 Å². The Kier molecular flexibility index (Phi) is 5.81. The monoisotopic (exact) mass is 427 g/mol. The Morgan fingerprint density at radius 2 is 1.81 bits per heavy atom. The Bertz CT molecular complexity index is 1380. The summed E-state index contributed by atoms with van der Waals surface area (Å²) in [5.41, 5.74) is 1.98. The minimum absolute atomic E-state index is 0.000563. The molecule has 4 aromatic rings. The van der Waals surface area contributed by atoms with Crippen LogP contribution in [0, 0.1) is 6.92 Å². The normalized spacial score (nSPS) is 10.7. The molecule has 0 aliphatic carbocycles. The van der Waals surface area contributed by atoms with Crippen molar-refractivity contribution in [2.75, 3.05) is 12.4 Å². The van der Waals surface area contributed by atoms with Gasteiger partial charge in [0.2, 0.25) is 11.3 Å². The van der Waals surface area contributed by atoms with E-state index in [1.54, 1.807) is 47.0 Å². The second-order valence-electron chi connectivity index (χ2n) is 7.33. The zero-order valence-corrected chi connectivity index (χ0v) is 17.7. The summed E-state index contributed by atoms with van der Waals surface area (Å²) in [6.45, 7) is 1.78. The van der Waals surface area contributed by atoms with Gasteiger partial charge >= 0.3 is 0 Å². The van der Waals surface area contributed by atoms with E-state index in [-0.39, 0.29) is 23.4 Å². The molecule has 4 rings (SSSR count). The van der Waals surface area contributed by atoms with Gasteiger partial charge in [-0.25, -0.2) is 0 Å². The molecule has 2 aromatic carbocycles. The van der Waals surface area contributed by atoms with E-state index in [0.717, 1.165) is 5.56 Å². The molecule has 0 bridgehead atoms. The number of nitrogens with zero attached hydrogens (tertiary/aromatic N) is 2. The third-order valence-corrected chi connectivity index (χ3v) is 5.12. The second kappa shape index (κ2) is 8.85. The molecule has 2 heterocycles. The van der Waals surface area contributed by atoms with Crippen molar-refractivity contribution in [1.29, 1.82) is 0 Å². The number of hydrogen-bond donors (Lipinski definition) is 1. The molecule has 0 aliphatic rings. The van der Waals surface area contributed by atoms with Crippen molar-refractivity contribution in [2.24, 2.45) is 0 Å². The number of fused-ring (bicyclic) bond motifs is 1. The molecule has 2 aromatic heterocycles. The highest BCUT2D eigenvalue weighted by atomic mass is 16.5. The molecule has 0 saturated carbocycles. The van der Waals surface area contributed by atoms with Gasteiger partial charge in [0, 0.05) is 29.5 Å². The largest absolute Gasteiger partial charge is 0.495 e. The van der Waals surface area contributed by atoms with Gasteiger partial charge in [-0.3, -0.25) is 19.4 Å². The van der Waals surface area contributed by atoms with E-state index in [1.165, 1.54) is 25.7 Å². The minimum atomic E-state index is -0.417. The fourth-order valence-electron chi connectivity index (χ4n) is 3.56. The Balaban J connectivity index is 1.76. The van der Waals surface area contributed by atoms with Crippen LogP contribution in [-0.4, -0.2) is 28.4 Å². The van der Waals surface area contributed by atoms with E-state index in [2.05, 4.69) is 10.3 Å². The SMILES string of the molecule is COc1ccccc1NC(=O)Cn1cc(C(=O)c2ccncc2)c(=O)c2cc(C)ccc21. The summed E-state index contributed by atoms with van der Waals surface area (Å²) in [5.74, 6) is -0.197. The number of anilines is 1. The molecular weight excluding hydrogens is 406 g/mol. The summed E-state index contributed by atoms with van der Waals surface area (Å²) in [6, 6.07) is 15.6. The lowest BCUT2D eigenvalue weighted by Crippen LogP contribution is -2.24. The lowest BCUT2D eigenvalue weighted by molar-refractivity contribution is -0.116. The smallest absolute Gasteiger partial charge is 0.244 e. The molecule has 1 amide bonds. The maximum Gasteiger partial charge on any atom is 0.244 e. The molecule has 7 heteroatoms. The second-order valence-corrected chi connectivity index (χ2v) is 7.33. The number of ether oxygens (including phenoxy) is 1. The van der Waals surface area contributed by atoms with E-state index in [4.69, 9.17) is 4.74 Å². The number of carbonyl (C=O) groups excluding carboxylic acids is 2. The topological polar surface area (TPSA) is 90.3 Å². The molecule has 32 heavy (non-hydrogen) atoms. The zero-order chi connectivity index (χ0) is 22.7. The number of ketones is 1. The molecule has 0 radical (unpaired) electrons. The number of methoxy groups -OCH3 is 1. The number of aromatic nitrogens is 2. The Labute approximate surface area is 184 Å².